The lowest BCUT2D eigenvalue weighted by atomic mass is 10.3. The average molecular weight is 333 g/mol. The Bertz CT molecular complexity index is 346. The number of hydrogen-bond donors (Lipinski definition) is 1. The Balaban J connectivity index is 0.00000289. The monoisotopic (exact) mass is 332 g/mol. The zero-order chi connectivity index (χ0) is 12.5. The molecule has 2 N–H and O–H groups in total. The third kappa shape index (κ3) is 7.61. The number of thioether (sulfide) groups is 1. The van der Waals surface area contributed by atoms with Gasteiger partial charge in [0, 0.05) is 11.8 Å². The SMILES string of the molecule is Br.CCC(C)N=C(N)SCCOc1ccccc1. The van der Waals surface area contributed by atoms with Gasteiger partial charge >= 0.3 is 0 Å². The van der Waals surface area contributed by atoms with E-state index in [1.165, 1.54) is 0 Å². The van der Waals surface area contributed by atoms with Crippen LogP contribution in [-0.4, -0.2) is 23.6 Å². The molecular weight excluding hydrogens is 312 g/mol. The van der Waals surface area contributed by atoms with Gasteiger partial charge in [-0.05, 0) is 25.5 Å². The van der Waals surface area contributed by atoms with Crippen LogP contribution in [0.3, 0.4) is 0 Å². The highest BCUT2D eigenvalue weighted by molar-refractivity contribution is 8.93. The molecule has 0 saturated heterocycles. The van der Waals surface area contributed by atoms with Crippen LogP contribution in [0, 0.1) is 0 Å². The number of benzene rings is 1. The molecule has 0 amide bonds. The average Bonchev–Trinajstić information content (AvgIpc) is 2.36. The van der Waals surface area contributed by atoms with E-state index in [2.05, 4.69) is 18.8 Å². The Labute approximate surface area is 124 Å². The zero-order valence-electron chi connectivity index (χ0n) is 10.8. The molecule has 0 bridgehead atoms. The van der Waals surface area contributed by atoms with Crippen LogP contribution in [-0.2, 0) is 0 Å². The fourth-order valence-electron chi connectivity index (χ4n) is 1.17. The minimum absolute atomic E-state index is 0. The molecule has 0 aliphatic carbocycles. The van der Waals surface area contributed by atoms with Crippen LogP contribution in [0.1, 0.15) is 20.3 Å². The summed E-state index contributed by atoms with van der Waals surface area (Å²) in [4.78, 5) is 4.34. The molecule has 1 unspecified atom stereocenters. The molecule has 0 aliphatic rings. The van der Waals surface area contributed by atoms with Crippen LogP contribution < -0.4 is 10.5 Å². The largest absolute Gasteiger partial charge is 0.493 e. The number of halogens is 1. The lowest BCUT2D eigenvalue weighted by molar-refractivity contribution is 0.344. The van der Waals surface area contributed by atoms with Gasteiger partial charge in [-0.25, -0.2) is 0 Å². The van der Waals surface area contributed by atoms with E-state index in [1.54, 1.807) is 11.8 Å². The molecule has 0 aliphatic heterocycles. The first kappa shape index (κ1) is 17.3. The highest BCUT2D eigenvalue weighted by atomic mass is 79.9. The molecule has 0 radical (unpaired) electrons. The summed E-state index contributed by atoms with van der Waals surface area (Å²) in [5.41, 5.74) is 5.79. The molecule has 0 aromatic heterocycles. The summed E-state index contributed by atoms with van der Waals surface area (Å²) in [7, 11) is 0. The second-order valence-electron chi connectivity index (χ2n) is 3.73. The van der Waals surface area contributed by atoms with Gasteiger partial charge in [0.05, 0.1) is 6.61 Å². The van der Waals surface area contributed by atoms with E-state index in [1.807, 2.05) is 30.3 Å². The van der Waals surface area contributed by atoms with Crippen molar-refractivity contribution < 1.29 is 4.74 Å². The van der Waals surface area contributed by atoms with E-state index in [9.17, 15) is 0 Å². The number of nitrogens with zero attached hydrogens (tertiary/aromatic N) is 1. The molecule has 0 heterocycles. The molecule has 1 atom stereocenters. The maximum atomic E-state index is 5.79. The van der Waals surface area contributed by atoms with Crippen LogP contribution in [0.25, 0.3) is 0 Å². The molecule has 102 valence electrons. The van der Waals surface area contributed by atoms with Gasteiger partial charge in [-0.3, -0.25) is 4.99 Å². The first-order valence-electron chi connectivity index (χ1n) is 5.86. The smallest absolute Gasteiger partial charge is 0.154 e. The minimum Gasteiger partial charge on any atom is -0.493 e. The molecule has 0 saturated carbocycles. The van der Waals surface area contributed by atoms with E-state index in [0.717, 1.165) is 17.9 Å². The van der Waals surface area contributed by atoms with Gasteiger partial charge in [-0.1, -0.05) is 36.9 Å². The molecule has 1 aromatic carbocycles. The predicted molar refractivity (Wildman–Crippen MR) is 86.1 cm³/mol. The Hall–Kier alpha value is -0.680. The molecule has 1 aromatic rings. The molecule has 0 spiro atoms. The van der Waals surface area contributed by atoms with E-state index < -0.39 is 0 Å². The molecule has 5 heteroatoms. The van der Waals surface area contributed by atoms with E-state index in [0.29, 0.717) is 17.8 Å². The quantitative estimate of drug-likeness (QED) is 0.492. The van der Waals surface area contributed by atoms with Gasteiger partial charge in [0.1, 0.15) is 5.75 Å². The number of aliphatic imine (C=N–C) groups is 1. The standard InChI is InChI=1S/C13H20N2OS.BrH/c1-3-11(2)15-13(14)17-10-9-16-12-7-5-4-6-8-12;/h4-8,11H,3,9-10H2,1-2H3,(H2,14,15);1H. The number of rotatable bonds is 6. The van der Waals surface area contributed by atoms with E-state index >= 15 is 0 Å². The van der Waals surface area contributed by atoms with Crippen molar-refractivity contribution in [3.63, 3.8) is 0 Å². The van der Waals surface area contributed by atoms with Crippen molar-refractivity contribution in [3.05, 3.63) is 30.3 Å². The first-order valence-corrected chi connectivity index (χ1v) is 6.85. The molecule has 0 fully saturated rings. The summed E-state index contributed by atoms with van der Waals surface area (Å²) in [6, 6.07) is 10.1. The second kappa shape index (κ2) is 10.3. The minimum atomic E-state index is 0. The number of nitrogens with two attached hydrogens (primary N) is 1. The van der Waals surface area contributed by atoms with Crippen molar-refractivity contribution in [2.45, 2.75) is 26.3 Å². The van der Waals surface area contributed by atoms with E-state index in [4.69, 9.17) is 10.5 Å². The van der Waals surface area contributed by atoms with Crippen molar-refractivity contribution >= 4 is 33.9 Å². The summed E-state index contributed by atoms with van der Waals surface area (Å²) in [6.07, 6.45) is 1.02. The highest BCUT2D eigenvalue weighted by Gasteiger charge is 1.99. The second-order valence-corrected chi connectivity index (χ2v) is 4.85. The van der Waals surface area contributed by atoms with Crippen LogP contribution in [0.4, 0.5) is 0 Å². The Kier molecular flexibility index (Phi) is 9.87. The topological polar surface area (TPSA) is 47.6 Å². The maximum absolute atomic E-state index is 5.79. The van der Waals surface area contributed by atoms with Gasteiger partial charge < -0.3 is 10.5 Å². The Morgan fingerprint density at radius 1 is 1.39 bits per heavy atom. The molecule has 18 heavy (non-hydrogen) atoms. The molecule has 3 nitrogen and oxygen atoms in total. The third-order valence-electron chi connectivity index (χ3n) is 2.28. The van der Waals surface area contributed by atoms with Crippen molar-refractivity contribution in [2.75, 3.05) is 12.4 Å². The predicted octanol–water partition coefficient (Wildman–Crippen LogP) is 3.49. The van der Waals surface area contributed by atoms with Crippen LogP contribution in [0.2, 0.25) is 0 Å². The number of ether oxygens (including phenoxy) is 1. The summed E-state index contributed by atoms with van der Waals surface area (Å²) >= 11 is 1.54. The van der Waals surface area contributed by atoms with Crippen molar-refractivity contribution in [3.8, 4) is 5.75 Å². The fourth-order valence-corrected chi connectivity index (χ4v) is 1.80. The van der Waals surface area contributed by atoms with Crippen LogP contribution in [0.15, 0.2) is 35.3 Å². The van der Waals surface area contributed by atoms with Gasteiger partial charge in [-0.15, -0.1) is 17.0 Å². The lowest BCUT2D eigenvalue weighted by Crippen LogP contribution is -2.13. The Morgan fingerprint density at radius 2 is 2.06 bits per heavy atom. The highest BCUT2D eigenvalue weighted by Crippen LogP contribution is 2.09. The zero-order valence-corrected chi connectivity index (χ0v) is 13.4. The maximum Gasteiger partial charge on any atom is 0.154 e. The van der Waals surface area contributed by atoms with Crippen LogP contribution in [0.5, 0.6) is 5.75 Å². The Morgan fingerprint density at radius 3 is 2.67 bits per heavy atom. The van der Waals surface area contributed by atoms with Crippen LogP contribution >= 0.6 is 28.7 Å². The third-order valence-corrected chi connectivity index (χ3v) is 3.06. The molecule has 1 rings (SSSR count). The fraction of sp³-hybridized carbons (Fsp3) is 0.462. The lowest BCUT2D eigenvalue weighted by Gasteiger charge is -2.06. The van der Waals surface area contributed by atoms with E-state index in [-0.39, 0.29) is 17.0 Å². The van der Waals surface area contributed by atoms with Crippen molar-refractivity contribution in [1.29, 1.82) is 0 Å². The normalized spacial score (nSPS) is 12.7. The first-order chi connectivity index (χ1) is 8.22. The number of hydrogen-bond acceptors (Lipinski definition) is 3. The van der Waals surface area contributed by atoms with Crippen molar-refractivity contribution in [1.82, 2.24) is 0 Å². The summed E-state index contributed by atoms with van der Waals surface area (Å²) in [5, 5.41) is 0.649. The van der Waals surface area contributed by atoms with Gasteiger partial charge in [0.15, 0.2) is 5.17 Å². The summed E-state index contributed by atoms with van der Waals surface area (Å²) in [6.45, 7) is 4.81. The van der Waals surface area contributed by atoms with Gasteiger partial charge in [0.2, 0.25) is 0 Å². The number of amidine groups is 1. The summed E-state index contributed by atoms with van der Waals surface area (Å²) < 4.78 is 5.56. The molecular formula is C13H21BrN2OS. The van der Waals surface area contributed by atoms with Gasteiger partial charge in [-0.2, -0.15) is 0 Å². The number of para-hydroxylation sites is 1. The summed E-state index contributed by atoms with van der Waals surface area (Å²) in [5.74, 6) is 1.71. The van der Waals surface area contributed by atoms with Crippen molar-refractivity contribution in [2.24, 2.45) is 10.7 Å². The van der Waals surface area contributed by atoms with Gasteiger partial charge in [0.25, 0.3) is 0 Å².